The van der Waals surface area contributed by atoms with E-state index in [1.807, 2.05) is 0 Å². The first-order valence-corrected chi connectivity index (χ1v) is 18.3. The number of hydrogen-bond donors (Lipinski definition) is 0. The number of rotatable bonds is 8. The third-order valence-corrected chi connectivity index (χ3v) is 19.2. The van der Waals surface area contributed by atoms with Gasteiger partial charge in [-0.3, -0.25) is 0 Å². The van der Waals surface area contributed by atoms with Crippen LogP contribution in [0.4, 0.5) is 0 Å². The molecule has 0 amide bonds. The van der Waals surface area contributed by atoms with E-state index in [0.717, 1.165) is 12.8 Å². The number of allylic oxidation sites excluding steroid dienone is 2. The monoisotopic (exact) mass is 542 g/mol. The van der Waals surface area contributed by atoms with Gasteiger partial charge in [0.25, 0.3) is 0 Å². The van der Waals surface area contributed by atoms with Gasteiger partial charge < -0.3 is 0 Å². The normalized spacial score (nSPS) is 15.4. The summed E-state index contributed by atoms with van der Waals surface area (Å²) in [6.45, 7) is 4.65. The van der Waals surface area contributed by atoms with Crippen molar-refractivity contribution in [2.45, 2.75) is 52.4 Å². The van der Waals surface area contributed by atoms with Crippen LogP contribution in [-0.4, -0.2) is 13.3 Å². The maximum absolute atomic E-state index is 3.29. The molecule has 0 fully saturated rings. The van der Waals surface area contributed by atoms with Gasteiger partial charge >= 0.3 is 226 Å². The predicted octanol–water partition coefficient (Wildman–Crippen LogP) is 8.56. The van der Waals surface area contributed by atoms with Crippen molar-refractivity contribution in [3.8, 4) is 0 Å². The molecule has 0 saturated heterocycles. The minimum absolute atomic E-state index is 1.15. The SMILES string of the molecule is CCCCC1=[C](c2ccccc2)[Ge]2([C](c3ccccc3)=C(CCCC)c3cccc[c]32)[c]2ccccc21. The Morgan fingerprint density at radius 2 is 0.838 bits per heavy atom. The summed E-state index contributed by atoms with van der Waals surface area (Å²) in [6.07, 6.45) is 7.19. The molecule has 6 rings (SSSR count). The van der Waals surface area contributed by atoms with Crippen molar-refractivity contribution in [2.75, 3.05) is 0 Å². The van der Waals surface area contributed by atoms with Gasteiger partial charge in [-0.05, 0) is 0 Å². The zero-order valence-corrected chi connectivity index (χ0v) is 24.2. The van der Waals surface area contributed by atoms with Crippen molar-refractivity contribution in [3.05, 3.63) is 131 Å². The van der Waals surface area contributed by atoms with Gasteiger partial charge in [0, 0.05) is 0 Å². The van der Waals surface area contributed by atoms with Crippen LogP contribution in [0.1, 0.15) is 74.6 Å². The summed E-state index contributed by atoms with van der Waals surface area (Å²) < 4.78 is 6.66. The molecule has 0 aromatic heterocycles. The van der Waals surface area contributed by atoms with Gasteiger partial charge in [-0.15, -0.1) is 0 Å². The first-order valence-electron chi connectivity index (χ1n) is 14.1. The van der Waals surface area contributed by atoms with Gasteiger partial charge in [0.05, 0.1) is 0 Å². The van der Waals surface area contributed by atoms with Crippen LogP contribution >= 0.6 is 0 Å². The van der Waals surface area contributed by atoms with Gasteiger partial charge in [-0.25, -0.2) is 0 Å². The Hall–Kier alpha value is -3.10. The molecule has 2 aliphatic heterocycles. The number of hydrogen-bond acceptors (Lipinski definition) is 0. The molecule has 2 heterocycles. The Kier molecular flexibility index (Phi) is 6.78. The molecular weight excluding hydrogens is 505 g/mol. The summed E-state index contributed by atoms with van der Waals surface area (Å²) in [5.41, 5.74) is 9.14. The second-order valence-electron chi connectivity index (χ2n) is 10.5. The molecule has 0 radical (unpaired) electrons. The van der Waals surface area contributed by atoms with Crippen molar-refractivity contribution >= 4 is 42.0 Å². The molecule has 37 heavy (non-hydrogen) atoms. The summed E-state index contributed by atoms with van der Waals surface area (Å²) in [4.78, 5) is 0. The van der Waals surface area contributed by atoms with Crippen LogP contribution in [-0.2, 0) is 0 Å². The van der Waals surface area contributed by atoms with Gasteiger partial charge in [0.2, 0.25) is 0 Å². The van der Waals surface area contributed by atoms with Crippen molar-refractivity contribution in [3.63, 3.8) is 0 Å². The second kappa shape index (κ2) is 10.3. The first-order chi connectivity index (χ1) is 18.3. The minimum atomic E-state index is -3.29. The molecule has 0 nitrogen and oxygen atoms in total. The molecule has 4 aromatic rings. The van der Waals surface area contributed by atoms with E-state index in [1.165, 1.54) is 47.9 Å². The number of fused-ring (bicyclic) bond motifs is 4. The van der Waals surface area contributed by atoms with E-state index >= 15 is 0 Å². The van der Waals surface area contributed by atoms with Crippen LogP contribution in [0.15, 0.2) is 109 Å². The van der Waals surface area contributed by atoms with Gasteiger partial charge in [0.15, 0.2) is 0 Å². The average molecular weight is 541 g/mol. The van der Waals surface area contributed by atoms with Gasteiger partial charge in [-0.1, -0.05) is 0 Å². The zero-order chi connectivity index (χ0) is 25.2. The third kappa shape index (κ3) is 3.80. The molecule has 1 heteroatoms. The predicted molar refractivity (Wildman–Crippen MR) is 163 cm³/mol. The molecule has 4 aromatic carbocycles. The van der Waals surface area contributed by atoms with Crippen molar-refractivity contribution in [1.82, 2.24) is 0 Å². The van der Waals surface area contributed by atoms with Crippen LogP contribution in [0, 0.1) is 0 Å². The third-order valence-electron chi connectivity index (χ3n) is 8.35. The molecule has 0 aliphatic carbocycles. The molecule has 0 bridgehead atoms. The number of unbranched alkanes of at least 4 members (excludes halogenated alkanes) is 2. The summed E-state index contributed by atoms with van der Waals surface area (Å²) in [6, 6.07) is 41.8. The number of benzene rings is 4. The van der Waals surface area contributed by atoms with E-state index in [4.69, 9.17) is 0 Å². The zero-order valence-electron chi connectivity index (χ0n) is 22.1. The molecule has 0 N–H and O–H groups in total. The van der Waals surface area contributed by atoms with Crippen molar-refractivity contribution < 1.29 is 0 Å². The quantitative estimate of drug-likeness (QED) is 0.196. The van der Waals surface area contributed by atoms with E-state index in [9.17, 15) is 0 Å². The van der Waals surface area contributed by atoms with E-state index in [2.05, 4.69) is 123 Å². The van der Waals surface area contributed by atoms with E-state index in [-0.39, 0.29) is 0 Å². The fourth-order valence-electron chi connectivity index (χ4n) is 6.89. The Bertz CT molecular complexity index is 1360. The van der Waals surface area contributed by atoms with Crippen molar-refractivity contribution in [1.29, 1.82) is 0 Å². The molecule has 0 saturated carbocycles. The Morgan fingerprint density at radius 1 is 0.459 bits per heavy atom. The fourth-order valence-corrected chi connectivity index (χ4v) is 19.9. The van der Waals surface area contributed by atoms with E-state index in [0.29, 0.717) is 0 Å². The fraction of sp³-hybridized carbons (Fsp3) is 0.222. The molecular formula is C36H36Ge. The van der Waals surface area contributed by atoms with Gasteiger partial charge in [-0.2, -0.15) is 0 Å². The molecule has 0 atom stereocenters. The molecule has 1 spiro atoms. The van der Waals surface area contributed by atoms with Crippen LogP contribution in [0.25, 0.3) is 20.0 Å². The molecule has 0 unspecified atom stereocenters. The maximum atomic E-state index is 2.50. The Balaban J connectivity index is 1.79. The summed E-state index contributed by atoms with van der Waals surface area (Å²) in [5, 5.41) is 0. The Morgan fingerprint density at radius 3 is 1.24 bits per heavy atom. The van der Waals surface area contributed by atoms with Crippen LogP contribution < -0.4 is 8.79 Å². The summed E-state index contributed by atoms with van der Waals surface area (Å²) >= 11 is -3.29. The standard InChI is InChI=1S/C36H36Ge/c1-3-5-21-31-29-23-13-15-25-33(29)37(35(31)27-17-9-7-10-18-27)34-26-16-14-24-30(34)32(22-6-4-2)36(37)28-19-11-8-12-20-28/h7-20,23-26H,3-6,21-22H2,1-2H3. The van der Waals surface area contributed by atoms with Crippen LogP contribution in [0.3, 0.4) is 0 Å². The first kappa shape index (κ1) is 24.3. The van der Waals surface area contributed by atoms with E-state index in [1.54, 1.807) is 28.7 Å². The van der Waals surface area contributed by atoms with E-state index < -0.39 is 13.3 Å². The average Bonchev–Trinajstić information content (AvgIpc) is 3.42. The Labute approximate surface area is 225 Å². The molecule has 2 aliphatic rings. The van der Waals surface area contributed by atoms with Crippen LogP contribution in [0.2, 0.25) is 0 Å². The molecule has 184 valence electrons. The summed E-state index contributed by atoms with van der Waals surface area (Å²) in [5.74, 6) is 0. The van der Waals surface area contributed by atoms with Gasteiger partial charge in [0.1, 0.15) is 0 Å². The second-order valence-corrected chi connectivity index (χ2v) is 18.0. The van der Waals surface area contributed by atoms with Crippen LogP contribution in [0.5, 0.6) is 0 Å². The summed E-state index contributed by atoms with van der Waals surface area (Å²) in [7, 11) is 0. The topological polar surface area (TPSA) is 0 Å². The van der Waals surface area contributed by atoms with Crippen molar-refractivity contribution in [2.24, 2.45) is 0 Å².